The molecule has 3 heterocycles. The van der Waals surface area contributed by atoms with Crippen molar-refractivity contribution in [3.63, 3.8) is 0 Å². The van der Waals surface area contributed by atoms with Crippen molar-refractivity contribution in [2.24, 2.45) is 11.8 Å². The van der Waals surface area contributed by atoms with Crippen LogP contribution in [-0.4, -0.2) is 98.2 Å². The molecule has 1 saturated carbocycles. The number of hydrogen-bond donors (Lipinski definition) is 3. The molecule has 2 amide bonds. The molecule has 0 aromatic heterocycles. The van der Waals surface area contributed by atoms with Crippen LogP contribution in [0.4, 0.5) is 10.5 Å². The van der Waals surface area contributed by atoms with E-state index in [0.717, 1.165) is 37.7 Å². The van der Waals surface area contributed by atoms with E-state index in [1.165, 1.54) is 16.4 Å². The van der Waals surface area contributed by atoms with Crippen LogP contribution in [-0.2, 0) is 35.4 Å². The number of benzene rings is 2. The highest BCUT2D eigenvalue weighted by atomic mass is 32.2. The van der Waals surface area contributed by atoms with Gasteiger partial charge < -0.3 is 34.9 Å². The van der Waals surface area contributed by atoms with E-state index in [-0.39, 0.29) is 61.1 Å². The summed E-state index contributed by atoms with van der Waals surface area (Å²) in [6.07, 6.45) is 6.03. The van der Waals surface area contributed by atoms with Crippen molar-refractivity contribution in [3.05, 3.63) is 78.5 Å². The van der Waals surface area contributed by atoms with Gasteiger partial charge in [0.1, 0.15) is 6.10 Å². The zero-order chi connectivity index (χ0) is 36.1. The summed E-state index contributed by atoms with van der Waals surface area (Å²) >= 11 is 0. The second-order valence-electron chi connectivity index (χ2n) is 14.3. The van der Waals surface area contributed by atoms with Crippen molar-refractivity contribution in [3.8, 4) is 0 Å². The van der Waals surface area contributed by atoms with Gasteiger partial charge in [-0.25, -0.2) is 13.2 Å². The van der Waals surface area contributed by atoms with E-state index >= 15 is 0 Å². The van der Waals surface area contributed by atoms with Crippen LogP contribution < -0.4 is 10.6 Å². The van der Waals surface area contributed by atoms with E-state index in [2.05, 4.69) is 22.1 Å². The second-order valence-corrected chi connectivity index (χ2v) is 16.3. The molecule has 12 nitrogen and oxygen atoms in total. The Morgan fingerprint density at radius 3 is 2.61 bits per heavy atom. The fourth-order valence-corrected chi connectivity index (χ4v) is 9.15. The average molecular weight is 723 g/mol. The number of hydrogen-bond acceptors (Lipinski definition) is 9. The molecule has 51 heavy (non-hydrogen) atoms. The second kappa shape index (κ2) is 16.3. The number of sulfonamides is 1. The topological polar surface area (TPSA) is 147 Å². The summed E-state index contributed by atoms with van der Waals surface area (Å²) in [5.41, 5.74) is 2.31. The van der Waals surface area contributed by atoms with Crippen molar-refractivity contribution in [1.29, 1.82) is 0 Å². The first-order valence-electron chi connectivity index (χ1n) is 18.0. The van der Waals surface area contributed by atoms with E-state index in [9.17, 15) is 23.1 Å². The van der Waals surface area contributed by atoms with Gasteiger partial charge in [0.25, 0.3) is 5.91 Å². The number of aliphatic hydroxyl groups excluding tert-OH is 1. The number of anilines is 1. The lowest BCUT2D eigenvalue weighted by Crippen LogP contribution is -2.51. The smallest absolute Gasteiger partial charge is 0.407 e. The molecule has 0 bridgehead atoms. The van der Waals surface area contributed by atoms with Gasteiger partial charge in [-0.3, -0.25) is 4.79 Å². The number of rotatable bonds is 15. The molecule has 3 N–H and O–H groups in total. The first-order chi connectivity index (χ1) is 24.5. The molecular weight excluding hydrogens is 673 g/mol. The summed E-state index contributed by atoms with van der Waals surface area (Å²) in [7, 11) is -4.17. The normalized spacial score (nSPS) is 23.7. The summed E-state index contributed by atoms with van der Waals surface area (Å²) in [5, 5.41) is 17.4. The maximum Gasteiger partial charge on any atom is 0.407 e. The van der Waals surface area contributed by atoms with Crippen molar-refractivity contribution >= 4 is 33.3 Å². The summed E-state index contributed by atoms with van der Waals surface area (Å²) in [5.74, 6) is -0.419. The minimum atomic E-state index is -4.17. The summed E-state index contributed by atoms with van der Waals surface area (Å²) < 4.78 is 47.0. The van der Waals surface area contributed by atoms with Gasteiger partial charge in [-0.15, -0.1) is 6.58 Å². The molecule has 13 heteroatoms. The van der Waals surface area contributed by atoms with E-state index < -0.39 is 34.4 Å². The number of fused-ring (bicyclic) bond motifs is 2. The maximum absolute atomic E-state index is 14.4. The van der Waals surface area contributed by atoms with Crippen LogP contribution in [0.15, 0.2) is 72.3 Å². The predicted octanol–water partition coefficient (Wildman–Crippen LogP) is 4.52. The van der Waals surface area contributed by atoms with Gasteiger partial charge in [0.15, 0.2) is 6.29 Å². The zero-order valence-electron chi connectivity index (χ0n) is 29.4. The third-order valence-electron chi connectivity index (χ3n) is 10.1. The fourth-order valence-electron chi connectivity index (χ4n) is 7.50. The van der Waals surface area contributed by atoms with E-state index in [0.29, 0.717) is 30.0 Å². The van der Waals surface area contributed by atoms with E-state index in [4.69, 9.17) is 14.2 Å². The highest BCUT2D eigenvalue weighted by molar-refractivity contribution is 7.89. The number of amides is 2. The lowest BCUT2D eigenvalue weighted by Gasteiger charge is -2.31. The van der Waals surface area contributed by atoms with Crippen molar-refractivity contribution in [2.75, 3.05) is 38.2 Å². The molecule has 1 aliphatic carbocycles. The molecule has 3 fully saturated rings. The summed E-state index contributed by atoms with van der Waals surface area (Å²) in [6.45, 7) is 8.87. The Labute approximate surface area is 300 Å². The van der Waals surface area contributed by atoms with Crippen molar-refractivity contribution in [2.45, 2.75) is 87.8 Å². The van der Waals surface area contributed by atoms with Crippen LogP contribution in [0.5, 0.6) is 0 Å². The van der Waals surface area contributed by atoms with Gasteiger partial charge in [0.05, 0.1) is 41.7 Å². The standard InChI is InChI=1S/C38H50N4O8S/c1-4-17-41(27-12-8-9-13-27)22-31-30-20-28(14-15-32(30)39-36(31)44)51(46,47)42(21-25(2)3)23-34(43)33(19-26-10-6-5-7-11-26)40-38(45)50-35-24-49-37-29(35)16-18-48-37/h4-7,10-11,14-15,20,22,25,27,29,33-35,37,43H,1,8-9,12-13,16-19,21,23-24H2,2-3H3,(H,39,44)(H,40,45)/b31-22-/t29-,33-,34+,35-,37+/m0/s1. The Kier molecular flexibility index (Phi) is 11.8. The molecule has 0 spiro atoms. The third kappa shape index (κ3) is 8.66. The first kappa shape index (κ1) is 37.0. The quantitative estimate of drug-likeness (QED) is 0.179. The van der Waals surface area contributed by atoms with Crippen LogP contribution in [0.1, 0.15) is 57.1 Å². The zero-order valence-corrected chi connectivity index (χ0v) is 30.2. The molecule has 276 valence electrons. The van der Waals surface area contributed by atoms with Gasteiger partial charge in [-0.1, -0.05) is 63.1 Å². The molecule has 0 unspecified atom stereocenters. The van der Waals surface area contributed by atoms with Crippen LogP contribution in [0.3, 0.4) is 0 Å². The molecular formula is C38H50N4O8S. The maximum atomic E-state index is 14.4. The number of aliphatic hydroxyl groups is 1. The van der Waals surface area contributed by atoms with Crippen LogP contribution in [0, 0.1) is 11.8 Å². The lowest BCUT2D eigenvalue weighted by molar-refractivity contribution is -0.110. The number of carbonyl (C=O) groups is 2. The van der Waals surface area contributed by atoms with Crippen LogP contribution >= 0.6 is 0 Å². The SMILES string of the molecule is C=CCN(/C=C1\C(=O)Nc2ccc(S(=O)(=O)N(CC(C)C)C[C@@H](O)[C@H](Cc3ccccc3)NC(=O)O[C@H]3CO[C@H]4OCC[C@H]43)cc21)C1CCCC1. The third-order valence-corrected chi connectivity index (χ3v) is 11.9. The van der Waals surface area contributed by atoms with E-state index in [1.807, 2.05) is 56.5 Å². The Morgan fingerprint density at radius 1 is 1.12 bits per heavy atom. The summed E-state index contributed by atoms with van der Waals surface area (Å²) in [6, 6.07) is 13.4. The number of ether oxygens (including phenoxy) is 3. The number of nitrogens with one attached hydrogen (secondary N) is 2. The number of alkyl carbamates (subject to hydrolysis) is 1. The molecule has 2 aromatic rings. The Bertz CT molecular complexity index is 1690. The summed E-state index contributed by atoms with van der Waals surface area (Å²) in [4.78, 5) is 28.5. The Hall–Kier alpha value is -3.75. The van der Waals surface area contributed by atoms with Crippen molar-refractivity contribution in [1.82, 2.24) is 14.5 Å². The largest absolute Gasteiger partial charge is 0.443 e. The molecule has 6 rings (SSSR count). The minimum Gasteiger partial charge on any atom is -0.443 e. The highest BCUT2D eigenvalue weighted by Gasteiger charge is 2.44. The predicted molar refractivity (Wildman–Crippen MR) is 193 cm³/mol. The van der Waals surface area contributed by atoms with E-state index in [1.54, 1.807) is 6.07 Å². The molecule has 5 atom stereocenters. The van der Waals surface area contributed by atoms with Gasteiger partial charge >= 0.3 is 6.09 Å². The van der Waals surface area contributed by atoms with Gasteiger partial charge in [0, 0.05) is 43.1 Å². The highest BCUT2D eigenvalue weighted by Crippen LogP contribution is 2.36. The molecule has 2 saturated heterocycles. The van der Waals surface area contributed by atoms with Crippen LogP contribution in [0.25, 0.3) is 5.57 Å². The fraction of sp³-hybridized carbons (Fsp3) is 0.526. The Balaban J connectivity index is 1.23. The van der Waals surface area contributed by atoms with Crippen molar-refractivity contribution < 1.29 is 37.3 Å². The Morgan fingerprint density at radius 2 is 1.88 bits per heavy atom. The molecule has 3 aliphatic heterocycles. The first-order valence-corrected chi connectivity index (χ1v) is 19.4. The monoisotopic (exact) mass is 722 g/mol. The molecule has 0 radical (unpaired) electrons. The van der Waals surface area contributed by atoms with Gasteiger partial charge in [0.2, 0.25) is 10.0 Å². The van der Waals surface area contributed by atoms with Gasteiger partial charge in [-0.2, -0.15) is 4.31 Å². The molecule has 4 aliphatic rings. The van der Waals surface area contributed by atoms with Gasteiger partial charge in [-0.05, 0) is 55.4 Å². The molecule has 2 aromatic carbocycles. The number of carbonyl (C=O) groups excluding carboxylic acids is 2. The number of nitrogens with zero attached hydrogens (tertiary/aromatic N) is 2. The minimum absolute atomic E-state index is 0.00851. The average Bonchev–Trinajstić information content (AvgIpc) is 3.91. The lowest BCUT2D eigenvalue weighted by atomic mass is 10.0. The van der Waals surface area contributed by atoms with Crippen LogP contribution in [0.2, 0.25) is 0 Å².